The topological polar surface area (TPSA) is 76.5 Å². The van der Waals surface area contributed by atoms with Gasteiger partial charge in [-0.3, -0.25) is 4.79 Å². The minimum absolute atomic E-state index is 0.00219. The van der Waals surface area contributed by atoms with Crippen molar-refractivity contribution in [1.29, 1.82) is 0 Å². The van der Waals surface area contributed by atoms with Crippen LogP contribution in [0.4, 0.5) is 0 Å². The number of ether oxygens (including phenoxy) is 1. The molecule has 1 aromatic heterocycles. The third kappa shape index (κ3) is 3.78. The van der Waals surface area contributed by atoms with Gasteiger partial charge in [-0.25, -0.2) is 9.78 Å². The van der Waals surface area contributed by atoms with Crippen molar-refractivity contribution in [2.24, 2.45) is 0 Å². The van der Waals surface area contributed by atoms with Crippen LogP contribution in [0.1, 0.15) is 22.5 Å². The fourth-order valence-electron chi connectivity index (χ4n) is 0.954. The highest BCUT2D eigenvalue weighted by molar-refractivity contribution is 6.33. The molecule has 88 valence electrons. The lowest BCUT2D eigenvalue weighted by Crippen LogP contribution is -2.01. The van der Waals surface area contributed by atoms with Gasteiger partial charge < -0.3 is 9.84 Å². The molecule has 0 fully saturated rings. The van der Waals surface area contributed by atoms with Gasteiger partial charge in [0.05, 0.1) is 12.1 Å². The number of halogens is 1. The van der Waals surface area contributed by atoms with E-state index in [4.69, 9.17) is 16.7 Å². The molecule has 0 aliphatic heterocycles. The lowest BCUT2D eigenvalue weighted by atomic mass is 10.2. The quantitative estimate of drug-likeness (QED) is 0.636. The predicted octanol–water partition coefficient (Wildman–Crippen LogP) is 1.35. The van der Waals surface area contributed by atoms with Gasteiger partial charge >= 0.3 is 11.9 Å². The molecule has 0 aromatic carbocycles. The minimum Gasteiger partial charge on any atom is -0.476 e. The number of rotatable bonds is 2. The van der Waals surface area contributed by atoms with Gasteiger partial charge in [-0.05, 0) is 6.07 Å². The van der Waals surface area contributed by atoms with Crippen LogP contribution in [-0.2, 0) is 9.53 Å². The predicted molar refractivity (Wildman–Crippen MR) is 59.7 cm³/mol. The number of hydrogen-bond acceptors (Lipinski definition) is 4. The van der Waals surface area contributed by atoms with Gasteiger partial charge in [0.1, 0.15) is 6.42 Å². The molecule has 1 rings (SSSR count). The van der Waals surface area contributed by atoms with Crippen LogP contribution in [0.25, 0.3) is 0 Å². The molecule has 0 saturated carbocycles. The third-order valence-corrected chi connectivity index (χ3v) is 2.02. The number of aromatic carboxylic acids is 1. The standard InChI is InChI=1S/C11H8ClNO4/c1-17-9(14)4-2-3-7-5-8(12)10(11(15)16)13-6-7/h5-6H,4H2,1H3,(H,15,16). The molecule has 0 saturated heterocycles. The van der Waals surface area contributed by atoms with Gasteiger partial charge in [0.25, 0.3) is 0 Å². The molecule has 0 aliphatic carbocycles. The van der Waals surface area contributed by atoms with Crippen molar-refractivity contribution in [3.63, 3.8) is 0 Å². The fourth-order valence-corrected chi connectivity index (χ4v) is 1.20. The number of nitrogens with zero attached hydrogens (tertiary/aromatic N) is 1. The average Bonchev–Trinajstić information content (AvgIpc) is 2.28. The molecule has 6 heteroatoms. The van der Waals surface area contributed by atoms with Crippen molar-refractivity contribution < 1.29 is 19.4 Å². The molecule has 1 aromatic rings. The number of aromatic nitrogens is 1. The number of carboxylic acids is 1. The average molecular weight is 254 g/mol. The zero-order valence-corrected chi connectivity index (χ0v) is 9.61. The monoisotopic (exact) mass is 253 g/mol. The highest BCUT2D eigenvalue weighted by Gasteiger charge is 2.09. The van der Waals surface area contributed by atoms with Gasteiger partial charge in [-0.15, -0.1) is 0 Å². The molecular formula is C11H8ClNO4. The molecule has 5 nitrogen and oxygen atoms in total. The summed E-state index contributed by atoms with van der Waals surface area (Å²) in [6.07, 6.45) is 1.23. The summed E-state index contributed by atoms with van der Waals surface area (Å²) in [5.41, 5.74) is 0.203. The molecule has 0 amide bonds. The van der Waals surface area contributed by atoms with Crippen LogP contribution in [0, 0.1) is 11.8 Å². The molecule has 0 bridgehead atoms. The SMILES string of the molecule is COC(=O)CC#Cc1cnc(C(=O)O)c(Cl)c1. The summed E-state index contributed by atoms with van der Waals surface area (Å²) in [7, 11) is 1.27. The number of carboxylic acid groups (broad SMARTS) is 1. The van der Waals surface area contributed by atoms with Crippen molar-refractivity contribution in [2.75, 3.05) is 7.11 Å². The third-order valence-electron chi connectivity index (χ3n) is 1.74. The molecule has 1 N–H and O–H groups in total. The second kappa shape index (κ2) is 5.87. The van der Waals surface area contributed by atoms with E-state index in [0.29, 0.717) is 5.56 Å². The van der Waals surface area contributed by atoms with Crippen LogP contribution in [0.2, 0.25) is 5.02 Å². The summed E-state index contributed by atoms with van der Waals surface area (Å²) >= 11 is 5.69. The van der Waals surface area contributed by atoms with E-state index in [1.807, 2.05) is 0 Å². The number of hydrogen-bond donors (Lipinski definition) is 1. The Balaban J connectivity index is 2.84. The van der Waals surface area contributed by atoms with Gasteiger partial charge in [0.15, 0.2) is 5.69 Å². The molecular weight excluding hydrogens is 246 g/mol. The van der Waals surface area contributed by atoms with E-state index in [1.165, 1.54) is 19.4 Å². The molecule has 0 spiro atoms. The first-order valence-electron chi connectivity index (χ1n) is 4.49. The Bertz CT molecular complexity index is 516. The highest BCUT2D eigenvalue weighted by Crippen LogP contribution is 2.14. The number of carbonyl (C=O) groups is 2. The van der Waals surface area contributed by atoms with Crippen molar-refractivity contribution in [2.45, 2.75) is 6.42 Å². The van der Waals surface area contributed by atoms with E-state index < -0.39 is 11.9 Å². The molecule has 0 unspecified atom stereocenters. The molecule has 1 heterocycles. The van der Waals surface area contributed by atoms with E-state index in [2.05, 4.69) is 21.6 Å². The number of methoxy groups -OCH3 is 1. The van der Waals surface area contributed by atoms with Gasteiger partial charge in [0.2, 0.25) is 0 Å². The van der Waals surface area contributed by atoms with E-state index in [9.17, 15) is 9.59 Å². The van der Waals surface area contributed by atoms with E-state index in [1.54, 1.807) is 0 Å². The van der Waals surface area contributed by atoms with Crippen molar-refractivity contribution >= 4 is 23.5 Å². The zero-order chi connectivity index (χ0) is 12.8. The zero-order valence-electron chi connectivity index (χ0n) is 8.86. The Morgan fingerprint density at radius 1 is 1.59 bits per heavy atom. The normalized spacial score (nSPS) is 9.06. The van der Waals surface area contributed by atoms with Gasteiger partial charge in [-0.2, -0.15) is 0 Å². The van der Waals surface area contributed by atoms with Crippen LogP contribution in [0.15, 0.2) is 12.3 Å². The van der Waals surface area contributed by atoms with Crippen LogP contribution in [-0.4, -0.2) is 29.1 Å². The van der Waals surface area contributed by atoms with Crippen LogP contribution in [0.3, 0.4) is 0 Å². The number of pyridine rings is 1. The van der Waals surface area contributed by atoms with E-state index in [0.717, 1.165) is 0 Å². The molecule has 0 radical (unpaired) electrons. The first-order valence-corrected chi connectivity index (χ1v) is 4.87. The molecule has 0 aliphatic rings. The summed E-state index contributed by atoms with van der Waals surface area (Å²) in [4.78, 5) is 25.0. The second-order valence-electron chi connectivity index (χ2n) is 2.91. The molecule has 17 heavy (non-hydrogen) atoms. The van der Waals surface area contributed by atoms with Gasteiger partial charge in [-0.1, -0.05) is 23.4 Å². The highest BCUT2D eigenvalue weighted by atomic mass is 35.5. The van der Waals surface area contributed by atoms with E-state index >= 15 is 0 Å². The van der Waals surface area contributed by atoms with Gasteiger partial charge in [0, 0.05) is 11.8 Å². The Morgan fingerprint density at radius 2 is 2.29 bits per heavy atom. The smallest absolute Gasteiger partial charge is 0.356 e. The lowest BCUT2D eigenvalue weighted by Gasteiger charge is -1.97. The van der Waals surface area contributed by atoms with E-state index in [-0.39, 0.29) is 17.1 Å². The summed E-state index contributed by atoms with van der Waals surface area (Å²) in [6, 6.07) is 1.38. The Morgan fingerprint density at radius 3 is 2.82 bits per heavy atom. The maximum Gasteiger partial charge on any atom is 0.356 e. The maximum absolute atomic E-state index is 10.8. The van der Waals surface area contributed by atoms with Crippen LogP contribution in [0.5, 0.6) is 0 Å². The largest absolute Gasteiger partial charge is 0.476 e. The fraction of sp³-hybridized carbons (Fsp3) is 0.182. The summed E-state index contributed by atoms with van der Waals surface area (Å²) in [5, 5.41) is 8.70. The molecule has 0 atom stereocenters. The van der Waals surface area contributed by atoms with Crippen molar-refractivity contribution in [1.82, 2.24) is 4.98 Å². The lowest BCUT2D eigenvalue weighted by molar-refractivity contribution is -0.139. The number of esters is 1. The Labute approximate surface area is 102 Å². The maximum atomic E-state index is 10.8. The van der Waals surface area contributed by atoms with Crippen LogP contribution >= 0.6 is 11.6 Å². The summed E-state index contributed by atoms with van der Waals surface area (Å²) < 4.78 is 4.40. The van der Waals surface area contributed by atoms with Crippen LogP contribution < -0.4 is 0 Å². The number of carbonyl (C=O) groups excluding carboxylic acids is 1. The second-order valence-corrected chi connectivity index (χ2v) is 3.32. The first kappa shape index (κ1) is 13.0. The minimum atomic E-state index is -1.20. The first-order chi connectivity index (χ1) is 8.04. The Hall–Kier alpha value is -2.06. The van der Waals surface area contributed by atoms with Crippen molar-refractivity contribution in [3.8, 4) is 11.8 Å². The summed E-state index contributed by atoms with van der Waals surface area (Å²) in [6.45, 7) is 0. The summed E-state index contributed by atoms with van der Waals surface area (Å²) in [5.74, 6) is 3.53. The Kier molecular flexibility index (Phi) is 4.49. The van der Waals surface area contributed by atoms with Crippen molar-refractivity contribution in [3.05, 3.63) is 28.5 Å².